The zero-order chi connectivity index (χ0) is 11.1. The first-order valence-electron chi connectivity index (χ1n) is 5.19. The summed E-state index contributed by atoms with van der Waals surface area (Å²) in [6.07, 6.45) is 5.01. The SMILES string of the molecule is C(#Cc1ccccc1)C/C=C/c1cccs1. The van der Waals surface area contributed by atoms with Gasteiger partial charge in [-0.3, -0.25) is 0 Å². The van der Waals surface area contributed by atoms with Gasteiger partial charge in [-0.15, -0.1) is 11.3 Å². The smallest absolute Gasteiger partial charge is 0.0277 e. The van der Waals surface area contributed by atoms with Crippen molar-refractivity contribution in [1.29, 1.82) is 0 Å². The van der Waals surface area contributed by atoms with Gasteiger partial charge in [0.05, 0.1) is 0 Å². The van der Waals surface area contributed by atoms with Crippen LogP contribution in [0.3, 0.4) is 0 Å². The molecule has 0 saturated carbocycles. The molecule has 16 heavy (non-hydrogen) atoms. The van der Waals surface area contributed by atoms with Gasteiger partial charge in [-0.25, -0.2) is 0 Å². The fourth-order valence-corrected chi connectivity index (χ4v) is 1.94. The highest BCUT2D eigenvalue weighted by Gasteiger charge is 1.83. The molecule has 0 aliphatic rings. The summed E-state index contributed by atoms with van der Waals surface area (Å²) in [4.78, 5) is 1.28. The molecule has 0 saturated heterocycles. The molecule has 0 unspecified atom stereocenters. The molecule has 0 bridgehead atoms. The van der Waals surface area contributed by atoms with Crippen molar-refractivity contribution >= 4 is 17.4 Å². The van der Waals surface area contributed by atoms with Gasteiger partial charge in [0.15, 0.2) is 0 Å². The van der Waals surface area contributed by atoms with E-state index < -0.39 is 0 Å². The number of hydrogen-bond acceptors (Lipinski definition) is 1. The van der Waals surface area contributed by atoms with Gasteiger partial charge in [0.2, 0.25) is 0 Å². The Balaban J connectivity index is 1.87. The molecule has 1 aromatic carbocycles. The molecule has 0 spiro atoms. The van der Waals surface area contributed by atoms with Crippen LogP contribution in [0.5, 0.6) is 0 Å². The Labute approximate surface area is 100 Å². The van der Waals surface area contributed by atoms with Gasteiger partial charge in [0.25, 0.3) is 0 Å². The lowest BCUT2D eigenvalue weighted by Crippen LogP contribution is -1.70. The van der Waals surface area contributed by atoms with Crippen molar-refractivity contribution in [3.05, 3.63) is 64.4 Å². The molecule has 0 radical (unpaired) electrons. The molecule has 0 atom stereocenters. The third-order valence-electron chi connectivity index (χ3n) is 2.05. The maximum absolute atomic E-state index is 3.13. The Hall–Kier alpha value is -1.78. The van der Waals surface area contributed by atoms with Gasteiger partial charge in [-0.2, -0.15) is 0 Å². The van der Waals surface area contributed by atoms with Crippen LogP contribution in [0.15, 0.2) is 53.9 Å². The van der Waals surface area contributed by atoms with Crippen LogP contribution in [-0.2, 0) is 0 Å². The average molecular weight is 224 g/mol. The number of thiophene rings is 1. The van der Waals surface area contributed by atoms with E-state index in [9.17, 15) is 0 Å². The van der Waals surface area contributed by atoms with E-state index in [2.05, 4.69) is 41.5 Å². The maximum atomic E-state index is 3.13. The van der Waals surface area contributed by atoms with Gasteiger partial charge in [0.1, 0.15) is 0 Å². The summed E-state index contributed by atoms with van der Waals surface area (Å²) in [5.41, 5.74) is 1.08. The van der Waals surface area contributed by atoms with Crippen molar-refractivity contribution in [2.45, 2.75) is 6.42 Å². The summed E-state index contributed by atoms with van der Waals surface area (Å²) in [5.74, 6) is 6.26. The molecule has 1 heteroatoms. The molecule has 0 amide bonds. The van der Waals surface area contributed by atoms with E-state index in [1.807, 2.05) is 30.3 Å². The lowest BCUT2D eigenvalue weighted by molar-refractivity contribution is 1.48. The van der Waals surface area contributed by atoms with Crippen molar-refractivity contribution in [3.63, 3.8) is 0 Å². The maximum Gasteiger partial charge on any atom is 0.0277 e. The summed E-state index contributed by atoms with van der Waals surface area (Å²) < 4.78 is 0. The number of rotatable bonds is 2. The van der Waals surface area contributed by atoms with Crippen LogP contribution in [0.1, 0.15) is 16.9 Å². The minimum Gasteiger partial charge on any atom is -0.144 e. The van der Waals surface area contributed by atoms with Crippen LogP contribution in [0, 0.1) is 11.8 Å². The summed E-state index contributed by atoms with van der Waals surface area (Å²) in [5, 5.41) is 2.08. The zero-order valence-electron chi connectivity index (χ0n) is 8.89. The fourth-order valence-electron chi connectivity index (χ4n) is 1.29. The second-order valence-corrected chi connectivity index (χ2v) is 4.27. The first kappa shape index (κ1) is 10.7. The Morgan fingerprint density at radius 3 is 2.69 bits per heavy atom. The van der Waals surface area contributed by atoms with Crippen LogP contribution in [0.4, 0.5) is 0 Å². The Kier molecular flexibility index (Phi) is 3.99. The van der Waals surface area contributed by atoms with E-state index in [1.165, 1.54) is 4.88 Å². The zero-order valence-corrected chi connectivity index (χ0v) is 9.71. The number of allylic oxidation sites excluding steroid dienone is 1. The predicted molar refractivity (Wildman–Crippen MR) is 71.3 cm³/mol. The van der Waals surface area contributed by atoms with E-state index >= 15 is 0 Å². The van der Waals surface area contributed by atoms with E-state index in [1.54, 1.807) is 11.3 Å². The van der Waals surface area contributed by atoms with Crippen LogP contribution < -0.4 is 0 Å². The quantitative estimate of drug-likeness (QED) is 0.670. The van der Waals surface area contributed by atoms with Gasteiger partial charge < -0.3 is 0 Å². The topological polar surface area (TPSA) is 0 Å². The monoisotopic (exact) mass is 224 g/mol. The fraction of sp³-hybridized carbons (Fsp3) is 0.0667. The van der Waals surface area contributed by atoms with Crippen molar-refractivity contribution in [2.75, 3.05) is 0 Å². The lowest BCUT2D eigenvalue weighted by atomic mass is 10.2. The van der Waals surface area contributed by atoms with E-state index in [0.717, 1.165) is 12.0 Å². The predicted octanol–water partition coefficient (Wildman–Crippen LogP) is 4.20. The largest absolute Gasteiger partial charge is 0.144 e. The van der Waals surface area contributed by atoms with Crippen LogP contribution in [-0.4, -0.2) is 0 Å². The molecular weight excluding hydrogens is 212 g/mol. The first-order chi connectivity index (χ1) is 7.95. The first-order valence-corrected chi connectivity index (χ1v) is 6.07. The van der Waals surface area contributed by atoms with Gasteiger partial charge in [-0.1, -0.05) is 42.2 Å². The Morgan fingerprint density at radius 2 is 1.94 bits per heavy atom. The molecular formula is C15H12S. The molecule has 78 valence electrons. The Morgan fingerprint density at radius 1 is 1.06 bits per heavy atom. The van der Waals surface area contributed by atoms with Crippen LogP contribution in [0.2, 0.25) is 0 Å². The lowest BCUT2D eigenvalue weighted by Gasteiger charge is -1.85. The molecule has 0 aliphatic carbocycles. The highest BCUT2D eigenvalue weighted by Crippen LogP contribution is 2.10. The highest BCUT2D eigenvalue weighted by molar-refractivity contribution is 7.10. The molecule has 1 heterocycles. The summed E-state index contributed by atoms with van der Waals surface area (Å²) in [6, 6.07) is 14.2. The van der Waals surface area contributed by atoms with Gasteiger partial charge in [0, 0.05) is 16.9 Å². The normalized spacial score (nSPS) is 10.0. The standard InChI is InChI=1S/C15H12S/c1-3-8-14(9-4-1)10-5-2-6-11-15-12-7-13-16-15/h1,3-4,6-9,11-13H,2H2/b11-6+. The van der Waals surface area contributed by atoms with Crippen LogP contribution in [0.25, 0.3) is 6.08 Å². The molecule has 2 rings (SSSR count). The third-order valence-corrected chi connectivity index (χ3v) is 2.89. The van der Waals surface area contributed by atoms with Crippen LogP contribution >= 0.6 is 11.3 Å². The van der Waals surface area contributed by atoms with Gasteiger partial charge in [-0.05, 0) is 29.7 Å². The molecule has 0 nitrogen and oxygen atoms in total. The molecule has 0 aliphatic heterocycles. The summed E-state index contributed by atoms with van der Waals surface area (Å²) >= 11 is 1.74. The number of benzene rings is 1. The second-order valence-electron chi connectivity index (χ2n) is 3.29. The van der Waals surface area contributed by atoms with Crippen molar-refractivity contribution in [2.24, 2.45) is 0 Å². The molecule has 0 N–H and O–H groups in total. The average Bonchev–Trinajstić information content (AvgIpc) is 2.83. The van der Waals surface area contributed by atoms with E-state index in [-0.39, 0.29) is 0 Å². The second kappa shape index (κ2) is 5.95. The van der Waals surface area contributed by atoms with Crippen molar-refractivity contribution in [3.8, 4) is 11.8 Å². The third kappa shape index (κ3) is 3.42. The van der Waals surface area contributed by atoms with Crippen molar-refractivity contribution in [1.82, 2.24) is 0 Å². The summed E-state index contributed by atoms with van der Waals surface area (Å²) in [7, 11) is 0. The number of hydrogen-bond donors (Lipinski definition) is 0. The molecule has 2 aromatic rings. The minimum atomic E-state index is 0.798. The Bertz CT molecular complexity index is 495. The summed E-state index contributed by atoms with van der Waals surface area (Å²) in [6.45, 7) is 0. The van der Waals surface area contributed by atoms with Crippen molar-refractivity contribution < 1.29 is 0 Å². The van der Waals surface area contributed by atoms with E-state index in [0.29, 0.717) is 0 Å². The van der Waals surface area contributed by atoms with Gasteiger partial charge >= 0.3 is 0 Å². The molecule has 1 aromatic heterocycles. The highest BCUT2D eigenvalue weighted by atomic mass is 32.1. The molecule has 0 fully saturated rings. The van der Waals surface area contributed by atoms with E-state index in [4.69, 9.17) is 0 Å². The minimum absolute atomic E-state index is 0.798.